The van der Waals surface area contributed by atoms with Crippen molar-refractivity contribution in [1.82, 2.24) is 29.2 Å². The monoisotopic (exact) mass is 501 g/mol. The molecule has 0 spiro atoms. The minimum atomic E-state index is -4.75. The summed E-state index contributed by atoms with van der Waals surface area (Å²) in [5.41, 5.74) is 2.06. The number of halogens is 3. The highest BCUT2D eigenvalue weighted by Crippen LogP contribution is 2.34. The first-order chi connectivity index (χ1) is 16.6. The molecule has 0 aliphatic carbocycles. The van der Waals surface area contributed by atoms with Crippen LogP contribution in [-0.2, 0) is 16.4 Å². The Morgan fingerprint density at radius 1 is 1.14 bits per heavy atom. The smallest absolute Gasteiger partial charge is 0.274 e. The SMILES string of the molecule is CCc1cnc2c(c1)c(C#N)c(-c1ccc(S(=O)(=O)N[C@@H](C)C(F)(F)F)cn1)n2-c1cnccn1. The lowest BCUT2D eigenvalue weighted by molar-refractivity contribution is -0.147. The fraction of sp³-hybridized carbons (Fsp3) is 0.227. The van der Waals surface area contributed by atoms with E-state index in [9.17, 15) is 26.9 Å². The predicted octanol–water partition coefficient (Wildman–Crippen LogP) is 3.54. The van der Waals surface area contributed by atoms with Gasteiger partial charge >= 0.3 is 6.18 Å². The molecular formula is C22H18F3N7O2S. The van der Waals surface area contributed by atoms with E-state index in [0.717, 1.165) is 17.8 Å². The maximum Gasteiger partial charge on any atom is 0.404 e. The first-order valence-electron chi connectivity index (χ1n) is 10.3. The van der Waals surface area contributed by atoms with Gasteiger partial charge in [0.1, 0.15) is 22.7 Å². The molecule has 0 aromatic carbocycles. The van der Waals surface area contributed by atoms with E-state index in [1.165, 1.54) is 24.7 Å². The van der Waals surface area contributed by atoms with Gasteiger partial charge in [-0.3, -0.25) is 14.5 Å². The van der Waals surface area contributed by atoms with Crippen molar-refractivity contribution in [3.05, 3.63) is 60.3 Å². The van der Waals surface area contributed by atoms with Gasteiger partial charge in [0.2, 0.25) is 10.0 Å². The number of hydrogen-bond acceptors (Lipinski definition) is 7. The van der Waals surface area contributed by atoms with Gasteiger partial charge in [-0.05, 0) is 37.1 Å². The number of nitrogens with zero attached hydrogens (tertiary/aromatic N) is 6. The van der Waals surface area contributed by atoms with Gasteiger partial charge < -0.3 is 0 Å². The van der Waals surface area contributed by atoms with Gasteiger partial charge in [0, 0.05) is 30.2 Å². The van der Waals surface area contributed by atoms with E-state index in [0.29, 0.717) is 35.9 Å². The van der Waals surface area contributed by atoms with Crippen LogP contribution in [0.1, 0.15) is 25.0 Å². The lowest BCUT2D eigenvalue weighted by Gasteiger charge is -2.17. The largest absolute Gasteiger partial charge is 0.404 e. The molecule has 0 aliphatic heterocycles. The van der Waals surface area contributed by atoms with Crippen LogP contribution in [0.5, 0.6) is 0 Å². The van der Waals surface area contributed by atoms with E-state index in [1.807, 2.05) is 13.0 Å². The fourth-order valence-electron chi connectivity index (χ4n) is 3.43. The Hall–Kier alpha value is -3.89. The van der Waals surface area contributed by atoms with Crippen molar-refractivity contribution in [3.63, 3.8) is 0 Å². The van der Waals surface area contributed by atoms with E-state index < -0.39 is 27.1 Å². The highest BCUT2D eigenvalue weighted by atomic mass is 32.2. The third kappa shape index (κ3) is 4.58. The van der Waals surface area contributed by atoms with Crippen molar-refractivity contribution < 1.29 is 21.6 Å². The number of sulfonamides is 1. The van der Waals surface area contributed by atoms with Crippen LogP contribution in [-0.4, -0.2) is 45.1 Å². The van der Waals surface area contributed by atoms with Gasteiger partial charge in [-0.15, -0.1) is 0 Å². The van der Waals surface area contributed by atoms with E-state index in [-0.39, 0.29) is 11.3 Å². The lowest BCUT2D eigenvalue weighted by Crippen LogP contribution is -2.42. The number of fused-ring (bicyclic) bond motifs is 1. The summed E-state index contributed by atoms with van der Waals surface area (Å²) in [6.07, 6.45) is 2.98. The summed E-state index contributed by atoms with van der Waals surface area (Å²) in [6.45, 7) is 2.65. The zero-order valence-corrected chi connectivity index (χ0v) is 19.3. The van der Waals surface area contributed by atoms with Crippen LogP contribution < -0.4 is 4.72 Å². The summed E-state index contributed by atoms with van der Waals surface area (Å²) in [4.78, 5) is 16.6. The molecule has 9 nitrogen and oxygen atoms in total. The van der Waals surface area contributed by atoms with E-state index in [1.54, 1.807) is 15.5 Å². The van der Waals surface area contributed by atoms with Gasteiger partial charge in [0.05, 0.1) is 23.1 Å². The molecule has 0 bridgehead atoms. The Labute approximate surface area is 198 Å². The number of aryl methyl sites for hydroxylation is 1. The fourth-order valence-corrected chi connectivity index (χ4v) is 4.61. The molecule has 4 aromatic heterocycles. The summed E-state index contributed by atoms with van der Waals surface area (Å²) in [5, 5.41) is 10.5. The molecule has 0 aliphatic rings. The predicted molar refractivity (Wildman–Crippen MR) is 120 cm³/mol. The minimum absolute atomic E-state index is 0.200. The first kappa shape index (κ1) is 24.2. The van der Waals surface area contributed by atoms with Crippen molar-refractivity contribution in [2.24, 2.45) is 0 Å². The van der Waals surface area contributed by atoms with Gasteiger partial charge in [-0.1, -0.05) is 6.92 Å². The van der Waals surface area contributed by atoms with Crippen molar-refractivity contribution in [1.29, 1.82) is 5.26 Å². The van der Waals surface area contributed by atoms with Crippen molar-refractivity contribution in [3.8, 4) is 23.3 Å². The number of pyridine rings is 2. The number of alkyl halides is 3. The molecule has 4 aromatic rings. The number of nitriles is 1. The second-order valence-corrected chi connectivity index (χ2v) is 9.28. The third-order valence-corrected chi connectivity index (χ3v) is 6.80. The van der Waals surface area contributed by atoms with E-state index in [4.69, 9.17) is 0 Å². The molecule has 35 heavy (non-hydrogen) atoms. The Kier molecular flexibility index (Phi) is 6.27. The van der Waals surface area contributed by atoms with Crippen LogP contribution in [0.2, 0.25) is 0 Å². The quantitative estimate of drug-likeness (QED) is 0.428. The summed E-state index contributed by atoms with van der Waals surface area (Å²) >= 11 is 0. The average Bonchev–Trinajstić information content (AvgIpc) is 3.17. The molecule has 0 radical (unpaired) electrons. The molecule has 0 fully saturated rings. The molecule has 0 amide bonds. The average molecular weight is 501 g/mol. The summed E-state index contributed by atoms with van der Waals surface area (Å²) < 4.78 is 66.5. The Morgan fingerprint density at radius 2 is 1.91 bits per heavy atom. The molecule has 180 valence electrons. The molecule has 0 saturated carbocycles. The molecule has 0 saturated heterocycles. The Balaban J connectivity index is 1.88. The minimum Gasteiger partial charge on any atom is -0.274 e. The maximum absolute atomic E-state index is 12.8. The summed E-state index contributed by atoms with van der Waals surface area (Å²) in [7, 11) is -4.49. The van der Waals surface area contributed by atoms with Crippen LogP contribution >= 0.6 is 0 Å². The number of nitrogens with one attached hydrogen (secondary N) is 1. The lowest BCUT2D eigenvalue weighted by atomic mass is 10.1. The molecule has 4 rings (SSSR count). The summed E-state index contributed by atoms with van der Waals surface area (Å²) in [5.74, 6) is 0.352. The molecule has 13 heteroatoms. The summed E-state index contributed by atoms with van der Waals surface area (Å²) in [6, 6.07) is 4.15. The second kappa shape index (κ2) is 9.05. The van der Waals surface area contributed by atoms with E-state index in [2.05, 4.69) is 26.0 Å². The Bertz CT molecular complexity index is 1530. The molecule has 1 atom stereocenters. The zero-order chi connectivity index (χ0) is 25.4. The van der Waals surface area contributed by atoms with Gasteiger partial charge in [-0.2, -0.15) is 23.2 Å². The normalized spacial score (nSPS) is 13.0. The van der Waals surface area contributed by atoms with Crippen LogP contribution in [0, 0.1) is 11.3 Å². The number of rotatable bonds is 6. The highest BCUT2D eigenvalue weighted by molar-refractivity contribution is 7.89. The van der Waals surface area contributed by atoms with Crippen LogP contribution in [0.3, 0.4) is 0 Å². The zero-order valence-electron chi connectivity index (χ0n) is 18.4. The standard InChI is InChI=1S/C22H18F3N7O2S/c1-3-14-8-16-17(9-26)20(32(21(16)30-10-14)19-12-27-6-7-28-19)18-5-4-15(11-29-18)35(33,34)31-13(2)22(23,24)25/h4-8,10-13,31H,3H2,1-2H3/t13-/m0/s1. The van der Waals surface area contributed by atoms with E-state index >= 15 is 0 Å². The van der Waals surface area contributed by atoms with Gasteiger partial charge in [-0.25, -0.2) is 18.4 Å². The van der Waals surface area contributed by atoms with Crippen molar-refractivity contribution in [2.75, 3.05) is 0 Å². The van der Waals surface area contributed by atoms with Crippen LogP contribution in [0.4, 0.5) is 13.2 Å². The molecule has 4 heterocycles. The highest BCUT2D eigenvalue weighted by Gasteiger charge is 2.39. The number of aromatic nitrogens is 5. The molecular weight excluding hydrogens is 483 g/mol. The number of hydrogen-bond donors (Lipinski definition) is 1. The molecule has 1 N–H and O–H groups in total. The van der Waals surface area contributed by atoms with Crippen LogP contribution in [0.25, 0.3) is 28.2 Å². The Morgan fingerprint density at radius 3 is 2.49 bits per heavy atom. The molecule has 0 unspecified atom stereocenters. The van der Waals surface area contributed by atoms with Gasteiger partial charge in [0.25, 0.3) is 0 Å². The van der Waals surface area contributed by atoms with Crippen molar-refractivity contribution in [2.45, 2.75) is 37.4 Å². The first-order valence-corrected chi connectivity index (χ1v) is 11.8. The van der Waals surface area contributed by atoms with Crippen LogP contribution in [0.15, 0.2) is 54.1 Å². The second-order valence-electron chi connectivity index (χ2n) is 7.57. The maximum atomic E-state index is 12.8. The van der Waals surface area contributed by atoms with Gasteiger partial charge in [0.15, 0.2) is 5.82 Å². The third-order valence-electron chi connectivity index (χ3n) is 5.28. The van der Waals surface area contributed by atoms with Crippen molar-refractivity contribution >= 4 is 21.1 Å². The topological polar surface area (TPSA) is 126 Å².